The number of rotatable bonds is 6. The Labute approximate surface area is 172 Å². The summed E-state index contributed by atoms with van der Waals surface area (Å²) in [5.41, 5.74) is 1.10. The fourth-order valence-electron chi connectivity index (χ4n) is 3.16. The quantitative estimate of drug-likeness (QED) is 0.748. The van der Waals surface area contributed by atoms with E-state index >= 15 is 0 Å². The monoisotopic (exact) mass is 423 g/mol. The molecule has 0 saturated carbocycles. The molecule has 1 aromatic heterocycles. The smallest absolute Gasteiger partial charge is 0.405 e. The molecule has 7 nitrogen and oxygen atoms in total. The van der Waals surface area contributed by atoms with Crippen molar-refractivity contribution in [1.82, 2.24) is 20.5 Å². The molecule has 2 N–H and O–H groups in total. The van der Waals surface area contributed by atoms with Gasteiger partial charge in [-0.1, -0.05) is 24.3 Å². The molecule has 30 heavy (non-hydrogen) atoms. The van der Waals surface area contributed by atoms with Crippen molar-refractivity contribution >= 4 is 11.8 Å². The number of urea groups is 1. The Hall–Kier alpha value is -3.01. The number of hydrogen-bond acceptors (Lipinski definition) is 5. The number of ether oxygens (including phenoxy) is 1. The Balaban J connectivity index is 1.55. The summed E-state index contributed by atoms with van der Waals surface area (Å²) >= 11 is 0. The number of para-hydroxylation sites is 1. The number of carbonyl (C=O) groups is 1. The summed E-state index contributed by atoms with van der Waals surface area (Å²) in [7, 11) is 2.07. The molecule has 1 saturated heterocycles. The number of hydrogen-bond donors (Lipinski definition) is 2. The zero-order chi connectivity index (χ0) is 21.6. The molecule has 0 aliphatic carbocycles. The van der Waals surface area contributed by atoms with Crippen LogP contribution in [-0.2, 0) is 13.1 Å². The van der Waals surface area contributed by atoms with Gasteiger partial charge in [0, 0.05) is 56.6 Å². The molecule has 3 rings (SSSR count). The summed E-state index contributed by atoms with van der Waals surface area (Å²) in [4.78, 5) is 21.1. The van der Waals surface area contributed by atoms with Gasteiger partial charge >= 0.3 is 12.4 Å². The van der Waals surface area contributed by atoms with E-state index in [0.29, 0.717) is 0 Å². The van der Waals surface area contributed by atoms with Crippen LogP contribution in [0.2, 0.25) is 0 Å². The molecular formula is C20H24F3N5O2. The maximum Gasteiger partial charge on any atom is 0.573 e. The highest BCUT2D eigenvalue weighted by atomic mass is 19.4. The van der Waals surface area contributed by atoms with Gasteiger partial charge in [0.25, 0.3) is 0 Å². The summed E-state index contributed by atoms with van der Waals surface area (Å²) in [6.07, 6.45) is -3.08. The Bertz CT molecular complexity index is 854. The van der Waals surface area contributed by atoms with Crippen LogP contribution in [0.4, 0.5) is 23.8 Å². The lowest BCUT2D eigenvalue weighted by Gasteiger charge is -2.34. The second-order valence-electron chi connectivity index (χ2n) is 6.97. The van der Waals surface area contributed by atoms with E-state index < -0.39 is 12.4 Å². The zero-order valence-electron chi connectivity index (χ0n) is 16.6. The highest BCUT2D eigenvalue weighted by Gasteiger charge is 2.32. The molecule has 0 bridgehead atoms. The van der Waals surface area contributed by atoms with Crippen LogP contribution >= 0.6 is 0 Å². The van der Waals surface area contributed by atoms with Gasteiger partial charge in [-0.25, -0.2) is 9.78 Å². The number of alkyl halides is 3. The Kier molecular flexibility index (Phi) is 6.99. The van der Waals surface area contributed by atoms with Gasteiger partial charge in [-0.15, -0.1) is 13.2 Å². The van der Waals surface area contributed by atoms with E-state index in [4.69, 9.17) is 0 Å². The third-order valence-corrected chi connectivity index (χ3v) is 4.75. The molecule has 162 valence electrons. The van der Waals surface area contributed by atoms with Gasteiger partial charge < -0.3 is 25.2 Å². The van der Waals surface area contributed by atoms with Crippen molar-refractivity contribution in [2.24, 2.45) is 0 Å². The van der Waals surface area contributed by atoms with Crippen molar-refractivity contribution in [3.63, 3.8) is 0 Å². The van der Waals surface area contributed by atoms with Crippen LogP contribution < -0.4 is 20.3 Å². The molecule has 0 spiro atoms. The van der Waals surface area contributed by atoms with Gasteiger partial charge in [0.2, 0.25) is 0 Å². The average Bonchev–Trinajstić information content (AvgIpc) is 2.71. The first-order valence-electron chi connectivity index (χ1n) is 9.54. The van der Waals surface area contributed by atoms with E-state index in [2.05, 4.69) is 37.2 Å². The van der Waals surface area contributed by atoms with E-state index in [1.807, 2.05) is 6.07 Å². The molecular weight excluding hydrogens is 399 g/mol. The fourth-order valence-corrected chi connectivity index (χ4v) is 3.16. The van der Waals surface area contributed by atoms with Crippen LogP contribution in [0.3, 0.4) is 0 Å². The number of pyridine rings is 1. The summed E-state index contributed by atoms with van der Waals surface area (Å²) in [5, 5.41) is 5.30. The molecule has 1 aromatic carbocycles. The second kappa shape index (κ2) is 9.66. The maximum absolute atomic E-state index is 12.5. The third kappa shape index (κ3) is 6.24. The minimum atomic E-state index is -4.79. The number of anilines is 1. The molecule has 0 unspecified atom stereocenters. The Morgan fingerprint density at radius 2 is 1.67 bits per heavy atom. The van der Waals surface area contributed by atoms with E-state index in [-0.39, 0.29) is 24.4 Å². The molecule has 1 aliphatic rings. The molecule has 2 aromatic rings. The minimum absolute atomic E-state index is 0.101. The largest absolute Gasteiger partial charge is 0.573 e. The molecule has 2 heterocycles. The number of likely N-dealkylation sites (N-methyl/N-ethyl adjacent to an activating group) is 1. The van der Waals surface area contributed by atoms with Crippen LogP contribution in [0.25, 0.3) is 0 Å². The predicted molar refractivity (Wildman–Crippen MR) is 106 cm³/mol. The van der Waals surface area contributed by atoms with Gasteiger partial charge in [0.05, 0.1) is 0 Å². The highest BCUT2D eigenvalue weighted by Crippen LogP contribution is 2.26. The van der Waals surface area contributed by atoms with E-state index in [1.165, 1.54) is 18.2 Å². The van der Waals surface area contributed by atoms with Gasteiger partial charge in [-0.2, -0.15) is 0 Å². The lowest BCUT2D eigenvalue weighted by Crippen LogP contribution is -2.45. The van der Waals surface area contributed by atoms with Crippen LogP contribution in [0.1, 0.15) is 11.1 Å². The van der Waals surface area contributed by atoms with Crippen molar-refractivity contribution in [1.29, 1.82) is 0 Å². The number of carbonyl (C=O) groups excluding carboxylic acids is 1. The number of nitrogens with zero attached hydrogens (tertiary/aromatic N) is 3. The summed E-state index contributed by atoms with van der Waals surface area (Å²) in [6, 6.07) is 8.90. The van der Waals surface area contributed by atoms with E-state index in [0.717, 1.165) is 37.6 Å². The lowest BCUT2D eigenvalue weighted by molar-refractivity contribution is -0.274. The molecule has 0 atom stereocenters. The van der Waals surface area contributed by atoms with Crippen LogP contribution in [0.5, 0.6) is 5.75 Å². The van der Waals surface area contributed by atoms with Crippen LogP contribution in [-0.4, -0.2) is 55.5 Å². The van der Waals surface area contributed by atoms with Gasteiger partial charge in [-0.05, 0) is 19.2 Å². The average molecular weight is 423 g/mol. The predicted octanol–water partition coefficient (Wildman–Crippen LogP) is 2.73. The first-order chi connectivity index (χ1) is 14.3. The molecule has 1 aliphatic heterocycles. The number of aromatic nitrogens is 1. The fraction of sp³-hybridized carbons (Fsp3) is 0.400. The van der Waals surface area contributed by atoms with Crippen molar-refractivity contribution in [2.75, 3.05) is 38.1 Å². The summed E-state index contributed by atoms with van der Waals surface area (Å²) in [5.74, 6) is 0.490. The number of amides is 2. The maximum atomic E-state index is 12.5. The normalized spacial score (nSPS) is 15.0. The SMILES string of the molecule is CN1CCN(c2ncccc2CNC(=O)NCc2ccccc2OC(F)(F)F)CC1. The van der Waals surface area contributed by atoms with Crippen molar-refractivity contribution in [2.45, 2.75) is 19.5 Å². The number of piperazine rings is 1. The zero-order valence-corrected chi connectivity index (χ0v) is 16.6. The Morgan fingerprint density at radius 1 is 1.03 bits per heavy atom. The molecule has 10 heteroatoms. The number of benzene rings is 1. The van der Waals surface area contributed by atoms with Crippen LogP contribution in [0, 0.1) is 0 Å². The first kappa shape index (κ1) is 21.7. The first-order valence-corrected chi connectivity index (χ1v) is 9.54. The topological polar surface area (TPSA) is 69.7 Å². The number of nitrogens with one attached hydrogen (secondary N) is 2. The third-order valence-electron chi connectivity index (χ3n) is 4.75. The van der Waals surface area contributed by atoms with Gasteiger partial charge in [-0.3, -0.25) is 0 Å². The standard InChI is InChI=1S/C20H24F3N5O2/c1-27-9-11-28(12-10-27)18-16(6-4-8-24-18)14-26-19(29)25-13-15-5-2-3-7-17(15)30-20(21,22)23/h2-8H,9-14H2,1H3,(H2,25,26,29). The van der Waals surface area contributed by atoms with Crippen LogP contribution in [0.15, 0.2) is 42.6 Å². The molecule has 2 amide bonds. The molecule has 0 radical (unpaired) electrons. The van der Waals surface area contributed by atoms with Crippen molar-refractivity contribution in [3.05, 3.63) is 53.7 Å². The van der Waals surface area contributed by atoms with E-state index in [1.54, 1.807) is 18.3 Å². The Morgan fingerprint density at radius 3 is 2.37 bits per heavy atom. The molecule has 1 fully saturated rings. The second-order valence-corrected chi connectivity index (χ2v) is 6.97. The van der Waals surface area contributed by atoms with Crippen molar-refractivity contribution in [3.8, 4) is 5.75 Å². The highest BCUT2D eigenvalue weighted by molar-refractivity contribution is 5.74. The van der Waals surface area contributed by atoms with E-state index in [9.17, 15) is 18.0 Å². The lowest BCUT2D eigenvalue weighted by atomic mass is 10.2. The van der Waals surface area contributed by atoms with Gasteiger partial charge in [0.15, 0.2) is 0 Å². The summed E-state index contributed by atoms with van der Waals surface area (Å²) < 4.78 is 41.5. The van der Waals surface area contributed by atoms with Crippen molar-refractivity contribution < 1.29 is 22.7 Å². The summed E-state index contributed by atoms with van der Waals surface area (Å²) in [6.45, 7) is 3.72. The number of halogens is 3. The van der Waals surface area contributed by atoms with Gasteiger partial charge in [0.1, 0.15) is 11.6 Å². The minimum Gasteiger partial charge on any atom is -0.405 e.